The van der Waals surface area contributed by atoms with E-state index in [1.54, 1.807) is 0 Å². The first-order valence-corrected chi connectivity index (χ1v) is 6.85. The quantitative estimate of drug-likeness (QED) is 0.729. The van der Waals surface area contributed by atoms with E-state index in [1.165, 1.54) is 11.1 Å². The molecule has 0 atom stereocenters. The highest BCUT2D eigenvalue weighted by Crippen LogP contribution is 2.20. The highest BCUT2D eigenvalue weighted by molar-refractivity contribution is 5.65. The third-order valence-electron chi connectivity index (χ3n) is 2.69. The second-order valence-electron chi connectivity index (χ2n) is 4.06. The molecule has 0 saturated carbocycles. The molecule has 0 saturated heterocycles. The molecular weight excluding hydrogens is 230 g/mol. The number of rotatable bonds is 3. The second-order valence-corrected chi connectivity index (χ2v) is 4.06. The number of benzene rings is 2. The molecule has 0 radical (unpaired) electrons. The zero-order valence-electron chi connectivity index (χ0n) is 12.3. The zero-order valence-corrected chi connectivity index (χ0v) is 12.3. The Kier molecular flexibility index (Phi) is 6.45. The number of aryl methyl sites for hydroxylation is 1. The third kappa shape index (κ3) is 4.63. The summed E-state index contributed by atoms with van der Waals surface area (Å²) in [5.41, 5.74) is 4.79. The van der Waals surface area contributed by atoms with Crippen LogP contribution in [0.1, 0.15) is 31.9 Å². The predicted molar refractivity (Wildman–Crippen MR) is 87.0 cm³/mol. The molecule has 1 N–H and O–H groups in total. The summed E-state index contributed by atoms with van der Waals surface area (Å²) in [7, 11) is 0. The lowest BCUT2D eigenvalue weighted by Gasteiger charge is -2.08. The van der Waals surface area contributed by atoms with Crippen molar-refractivity contribution in [3.8, 4) is 0 Å². The van der Waals surface area contributed by atoms with Crippen LogP contribution >= 0.6 is 0 Å². The van der Waals surface area contributed by atoms with Crippen LogP contribution in [0.5, 0.6) is 0 Å². The van der Waals surface area contributed by atoms with Gasteiger partial charge in [-0.05, 0) is 49.2 Å². The standard InChI is InChI=1S/C16H17N.C2H6/c1-3-7-14-12-16(11-10-13(14)2)17-15-8-5-4-6-9-15;1-2/h3-12,17H,1-2H3;1-2H3/b7-3-;. The van der Waals surface area contributed by atoms with E-state index in [9.17, 15) is 0 Å². The first-order valence-electron chi connectivity index (χ1n) is 6.85. The molecular formula is C18H23N. The second kappa shape index (κ2) is 8.15. The molecule has 0 aliphatic rings. The van der Waals surface area contributed by atoms with Gasteiger partial charge < -0.3 is 5.32 Å². The Bertz CT molecular complexity index is 512. The fourth-order valence-corrected chi connectivity index (χ4v) is 1.77. The third-order valence-corrected chi connectivity index (χ3v) is 2.69. The van der Waals surface area contributed by atoms with Crippen LogP contribution in [-0.2, 0) is 0 Å². The van der Waals surface area contributed by atoms with Crippen LogP contribution in [-0.4, -0.2) is 0 Å². The maximum Gasteiger partial charge on any atom is 0.0390 e. The van der Waals surface area contributed by atoms with Gasteiger partial charge in [0.2, 0.25) is 0 Å². The van der Waals surface area contributed by atoms with Crippen molar-refractivity contribution in [2.24, 2.45) is 0 Å². The summed E-state index contributed by atoms with van der Waals surface area (Å²) in [6.07, 6.45) is 4.19. The van der Waals surface area contributed by atoms with Crippen LogP contribution in [0, 0.1) is 6.92 Å². The minimum Gasteiger partial charge on any atom is -0.356 e. The number of nitrogens with one attached hydrogen (secondary N) is 1. The Morgan fingerprint density at radius 2 is 1.58 bits per heavy atom. The van der Waals surface area contributed by atoms with Crippen LogP contribution in [0.3, 0.4) is 0 Å². The van der Waals surface area contributed by atoms with Crippen LogP contribution in [0.25, 0.3) is 6.08 Å². The summed E-state index contributed by atoms with van der Waals surface area (Å²) in [5, 5.41) is 3.40. The maximum atomic E-state index is 3.40. The summed E-state index contributed by atoms with van der Waals surface area (Å²) in [6.45, 7) is 8.17. The van der Waals surface area contributed by atoms with Crippen LogP contribution in [0.15, 0.2) is 54.6 Å². The van der Waals surface area contributed by atoms with Gasteiger partial charge >= 0.3 is 0 Å². The maximum absolute atomic E-state index is 3.40. The van der Waals surface area contributed by atoms with E-state index < -0.39 is 0 Å². The number of hydrogen-bond acceptors (Lipinski definition) is 1. The first kappa shape index (κ1) is 15.0. The van der Waals surface area contributed by atoms with E-state index in [0.717, 1.165) is 11.4 Å². The molecule has 100 valence electrons. The Morgan fingerprint density at radius 3 is 2.21 bits per heavy atom. The Labute approximate surface area is 117 Å². The highest BCUT2D eigenvalue weighted by atomic mass is 14.9. The highest BCUT2D eigenvalue weighted by Gasteiger charge is 1.98. The molecule has 0 amide bonds. The lowest BCUT2D eigenvalue weighted by Crippen LogP contribution is -1.91. The summed E-state index contributed by atoms with van der Waals surface area (Å²) in [4.78, 5) is 0. The molecule has 19 heavy (non-hydrogen) atoms. The molecule has 0 unspecified atom stereocenters. The minimum absolute atomic E-state index is 1.11. The van der Waals surface area contributed by atoms with Crippen molar-refractivity contribution in [1.29, 1.82) is 0 Å². The average molecular weight is 253 g/mol. The van der Waals surface area contributed by atoms with Crippen LogP contribution in [0.4, 0.5) is 11.4 Å². The van der Waals surface area contributed by atoms with Crippen molar-refractivity contribution in [2.75, 3.05) is 5.32 Å². The summed E-state index contributed by atoms with van der Waals surface area (Å²) < 4.78 is 0. The van der Waals surface area contributed by atoms with E-state index >= 15 is 0 Å². The Hall–Kier alpha value is -2.02. The van der Waals surface area contributed by atoms with Gasteiger partial charge in [-0.2, -0.15) is 0 Å². The van der Waals surface area contributed by atoms with Gasteiger partial charge in [0.05, 0.1) is 0 Å². The van der Waals surface area contributed by atoms with Crippen molar-refractivity contribution in [2.45, 2.75) is 27.7 Å². The van der Waals surface area contributed by atoms with Crippen molar-refractivity contribution in [1.82, 2.24) is 0 Å². The normalized spacial score (nSPS) is 9.89. The number of hydrogen-bond donors (Lipinski definition) is 1. The lowest BCUT2D eigenvalue weighted by atomic mass is 10.1. The van der Waals surface area contributed by atoms with Crippen molar-refractivity contribution >= 4 is 17.5 Å². The molecule has 0 fully saturated rings. The monoisotopic (exact) mass is 253 g/mol. The molecule has 1 heteroatoms. The Morgan fingerprint density at radius 1 is 0.895 bits per heavy atom. The predicted octanol–water partition coefficient (Wildman–Crippen LogP) is 5.80. The van der Waals surface area contributed by atoms with E-state index in [1.807, 2.05) is 39.0 Å². The number of allylic oxidation sites excluding steroid dienone is 1. The van der Waals surface area contributed by atoms with Gasteiger partial charge in [0.15, 0.2) is 0 Å². The van der Waals surface area contributed by atoms with Crippen LogP contribution < -0.4 is 5.32 Å². The number of anilines is 2. The molecule has 0 aromatic heterocycles. The lowest BCUT2D eigenvalue weighted by molar-refractivity contribution is 1.43. The van der Waals surface area contributed by atoms with Gasteiger partial charge in [-0.15, -0.1) is 0 Å². The Balaban J connectivity index is 0.000000861. The molecule has 2 rings (SSSR count). The summed E-state index contributed by atoms with van der Waals surface area (Å²) >= 11 is 0. The molecule has 0 aliphatic heterocycles. The molecule has 1 nitrogen and oxygen atoms in total. The first-order chi connectivity index (χ1) is 9.29. The van der Waals surface area contributed by atoms with E-state index in [2.05, 4.69) is 54.7 Å². The molecule has 0 bridgehead atoms. The molecule has 2 aromatic rings. The van der Waals surface area contributed by atoms with E-state index in [0.29, 0.717) is 0 Å². The summed E-state index contributed by atoms with van der Waals surface area (Å²) in [6, 6.07) is 16.6. The summed E-state index contributed by atoms with van der Waals surface area (Å²) in [5.74, 6) is 0. The number of para-hydroxylation sites is 1. The molecule has 0 heterocycles. The van der Waals surface area contributed by atoms with Gasteiger partial charge in [0, 0.05) is 11.4 Å². The molecule has 0 spiro atoms. The fourth-order valence-electron chi connectivity index (χ4n) is 1.77. The molecule has 2 aromatic carbocycles. The molecule has 0 aliphatic carbocycles. The van der Waals surface area contributed by atoms with Gasteiger partial charge in [-0.25, -0.2) is 0 Å². The van der Waals surface area contributed by atoms with Crippen molar-refractivity contribution in [3.63, 3.8) is 0 Å². The van der Waals surface area contributed by atoms with Crippen molar-refractivity contribution < 1.29 is 0 Å². The smallest absolute Gasteiger partial charge is 0.0390 e. The minimum atomic E-state index is 1.11. The largest absolute Gasteiger partial charge is 0.356 e. The van der Waals surface area contributed by atoms with Gasteiger partial charge in [-0.3, -0.25) is 0 Å². The van der Waals surface area contributed by atoms with Gasteiger partial charge in [0.1, 0.15) is 0 Å². The van der Waals surface area contributed by atoms with Gasteiger partial charge in [0.25, 0.3) is 0 Å². The van der Waals surface area contributed by atoms with Crippen molar-refractivity contribution in [3.05, 3.63) is 65.7 Å². The van der Waals surface area contributed by atoms with E-state index in [4.69, 9.17) is 0 Å². The SMILES string of the molecule is C/C=C\c1cc(Nc2ccccc2)ccc1C.CC. The zero-order chi connectivity index (χ0) is 14.1. The fraction of sp³-hybridized carbons (Fsp3) is 0.222. The van der Waals surface area contributed by atoms with Crippen LogP contribution in [0.2, 0.25) is 0 Å². The van der Waals surface area contributed by atoms with E-state index in [-0.39, 0.29) is 0 Å². The van der Waals surface area contributed by atoms with Gasteiger partial charge in [-0.1, -0.05) is 50.3 Å². The average Bonchev–Trinajstić information content (AvgIpc) is 2.46. The topological polar surface area (TPSA) is 12.0 Å².